The highest BCUT2D eigenvalue weighted by Crippen LogP contribution is 2.34. The third-order valence-corrected chi connectivity index (χ3v) is 7.08. The van der Waals surface area contributed by atoms with Crippen LogP contribution in [0, 0.1) is 5.95 Å². The van der Waals surface area contributed by atoms with Crippen LogP contribution in [0.1, 0.15) is 45.3 Å². The van der Waals surface area contributed by atoms with Gasteiger partial charge in [-0.3, -0.25) is 19.3 Å². The molecule has 39 heavy (non-hydrogen) atoms. The van der Waals surface area contributed by atoms with Crippen LogP contribution in [-0.2, 0) is 13.0 Å². The van der Waals surface area contributed by atoms with Crippen molar-refractivity contribution in [3.05, 3.63) is 141 Å². The zero-order chi connectivity index (χ0) is 26.8. The Bertz CT molecular complexity index is 1600. The molecule has 2 aromatic carbocycles. The zero-order valence-electron chi connectivity index (χ0n) is 21.2. The summed E-state index contributed by atoms with van der Waals surface area (Å²) < 4.78 is 22.2. The number of amides is 1. The average Bonchev–Trinajstić information content (AvgIpc) is 2.98. The second kappa shape index (κ2) is 10.6. The molecule has 0 spiro atoms. The fourth-order valence-corrected chi connectivity index (χ4v) is 5.23. The maximum absolute atomic E-state index is 14.5. The van der Waals surface area contributed by atoms with Crippen LogP contribution in [0.3, 0.4) is 0 Å². The van der Waals surface area contributed by atoms with E-state index in [1.54, 1.807) is 27.9 Å². The van der Waals surface area contributed by atoms with Crippen molar-refractivity contribution in [3.63, 3.8) is 0 Å². The fraction of sp³-hybridized carbons (Fsp3) is 0.194. The van der Waals surface area contributed by atoms with Gasteiger partial charge in [-0.15, -0.1) is 0 Å². The number of pyridine rings is 2. The quantitative estimate of drug-likeness (QED) is 0.289. The molecule has 4 aromatic rings. The molecule has 2 aliphatic rings. The maximum atomic E-state index is 14.5. The molecule has 7 nitrogen and oxygen atoms in total. The number of allylic oxidation sites excluding steroid dienone is 1. The van der Waals surface area contributed by atoms with Gasteiger partial charge in [0.15, 0.2) is 11.4 Å². The van der Waals surface area contributed by atoms with Gasteiger partial charge in [-0.05, 0) is 41.7 Å². The maximum Gasteiger partial charge on any atom is 0.278 e. The third kappa shape index (κ3) is 4.81. The highest BCUT2D eigenvalue weighted by molar-refractivity contribution is 5.96. The molecule has 1 atom stereocenters. The molecule has 8 heteroatoms. The van der Waals surface area contributed by atoms with Crippen molar-refractivity contribution in [1.82, 2.24) is 14.6 Å². The van der Waals surface area contributed by atoms with Crippen molar-refractivity contribution in [2.45, 2.75) is 25.5 Å². The molecule has 6 rings (SSSR count). The van der Waals surface area contributed by atoms with Gasteiger partial charge in [0.25, 0.3) is 5.91 Å². The first-order chi connectivity index (χ1) is 19.1. The minimum Gasteiger partial charge on any atom is -0.482 e. The second-order valence-corrected chi connectivity index (χ2v) is 9.58. The van der Waals surface area contributed by atoms with Crippen LogP contribution in [0.5, 0.6) is 5.75 Å². The minimum atomic E-state index is -0.585. The van der Waals surface area contributed by atoms with Crippen molar-refractivity contribution in [1.29, 1.82) is 0 Å². The SMILES string of the molecule is O=C1c2c(OCc3ccccc3)c(=O)ccn2N2CN1C/C=C/CCc1ccccc1[C@H]2c1cccc(F)n1. The molecular weight excluding hydrogens is 495 g/mol. The topological polar surface area (TPSA) is 67.7 Å². The largest absolute Gasteiger partial charge is 0.482 e. The number of hydrogen-bond acceptors (Lipinski definition) is 5. The summed E-state index contributed by atoms with van der Waals surface area (Å²) in [6.45, 7) is 0.697. The van der Waals surface area contributed by atoms with Gasteiger partial charge in [0.1, 0.15) is 19.3 Å². The van der Waals surface area contributed by atoms with Gasteiger partial charge < -0.3 is 9.64 Å². The molecule has 196 valence electrons. The Balaban J connectivity index is 1.55. The number of halogens is 1. The molecule has 0 fully saturated rings. The molecule has 2 aliphatic heterocycles. The molecule has 4 heterocycles. The van der Waals surface area contributed by atoms with Crippen LogP contribution in [0.25, 0.3) is 0 Å². The predicted molar refractivity (Wildman–Crippen MR) is 146 cm³/mol. The van der Waals surface area contributed by atoms with E-state index in [-0.39, 0.29) is 36.1 Å². The van der Waals surface area contributed by atoms with E-state index in [1.807, 2.05) is 59.6 Å². The normalized spacial score (nSPS) is 17.6. The van der Waals surface area contributed by atoms with Gasteiger partial charge in [0.05, 0.1) is 5.69 Å². The van der Waals surface area contributed by atoms with Crippen LogP contribution < -0.4 is 15.2 Å². The van der Waals surface area contributed by atoms with E-state index in [2.05, 4.69) is 17.1 Å². The summed E-state index contributed by atoms with van der Waals surface area (Å²) in [5.41, 5.74) is 3.19. The molecule has 0 unspecified atom stereocenters. The van der Waals surface area contributed by atoms with Gasteiger partial charge in [0, 0.05) is 18.8 Å². The number of aryl methyl sites for hydroxylation is 1. The van der Waals surface area contributed by atoms with E-state index < -0.39 is 12.0 Å². The molecule has 0 radical (unpaired) electrons. The molecule has 1 amide bonds. The summed E-state index contributed by atoms with van der Waals surface area (Å²) in [5, 5.41) is 1.95. The lowest BCUT2D eigenvalue weighted by Gasteiger charge is -2.43. The summed E-state index contributed by atoms with van der Waals surface area (Å²) in [6.07, 6.45) is 7.20. The zero-order valence-corrected chi connectivity index (χ0v) is 21.2. The van der Waals surface area contributed by atoms with Gasteiger partial charge >= 0.3 is 0 Å². The van der Waals surface area contributed by atoms with Crippen molar-refractivity contribution >= 4 is 5.91 Å². The number of carbonyl (C=O) groups excluding carboxylic acids is 1. The van der Waals surface area contributed by atoms with Crippen molar-refractivity contribution < 1.29 is 13.9 Å². The lowest BCUT2D eigenvalue weighted by Crippen LogP contribution is -2.55. The molecule has 0 saturated heterocycles. The number of hydrogen-bond donors (Lipinski definition) is 0. The Kier molecular flexibility index (Phi) is 6.67. The fourth-order valence-electron chi connectivity index (χ4n) is 5.23. The van der Waals surface area contributed by atoms with Crippen LogP contribution in [0.2, 0.25) is 0 Å². The lowest BCUT2D eigenvalue weighted by atomic mass is 9.94. The monoisotopic (exact) mass is 522 g/mol. The van der Waals surface area contributed by atoms with Crippen LogP contribution in [0.4, 0.5) is 4.39 Å². The van der Waals surface area contributed by atoms with E-state index in [4.69, 9.17) is 4.74 Å². The van der Waals surface area contributed by atoms with E-state index in [0.29, 0.717) is 12.2 Å². The van der Waals surface area contributed by atoms with Gasteiger partial charge in [-0.2, -0.15) is 4.39 Å². The number of aromatic nitrogens is 2. The standard InChI is InChI=1S/C31H27FN4O3/c32-27-16-9-15-25(33-27)28-24-14-7-6-13-23(24)12-5-2-8-18-34-21-36(28)35-19-17-26(37)30(29(35)31(34)38)39-20-22-10-3-1-4-11-22/h1-4,6-11,13-17,19,28H,5,12,18,20-21H2/b8-2+/t28-/m0/s1. The number of ether oxygens (including phenoxy) is 1. The van der Waals surface area contributed by atoms with E-state index in [0.717, 1.165) is 29.5 Å². The Hall–Kier alpha value is -4.72. The Morgan fingerprint density at radius 2 is 1.74 bits per heavy atom. The molecule has 0 N–H and O–H groups in total. The van der Waals surface area contributed by atoms with E-state index in [1.165, 1.54) is 12.1 Å². The molecule has 0 saturated carbocycles. The highest BCUT2D eigenvalue weighted by Gasteiger charge is 2.38. The predicted octanol–water partition coefficient (Wildman–Crippen LogP) is 4.60. The molecular formula is C31H27FN4O3. The Labute approximate surface area is 225 Å². The summed E-state index contributed by atoms with van der Waals surface area (Å²) >= 11 is 0. The molecule has 2 bridgehead atoms. The van der Waals surface area contributed by atoms with Gasteiger partial charge in [0.2, 0.25) is 11.4 Å². The van der Waals surface area contributed by atoms with Crippen LogP contribution >= 0.6 is 0 Å². The summed E-state index contributed by atoms with van der Waals surface area (Å²) in [4.78, 5) is 32.9. The molecule has 2 aromatic heterocycles. The first-order valence-corrected chi connectivity index (χ1v) is 12.9. The summed E-state index contributed by atoms with van der Waals surface area (Å²) in [6, 6.07) is 23.1. The highest BCUT2D eigenvalue weighted by atomic mass is 19.1. The third-order valence-electron chi connectivity index (χ3n) is 7.08. The number of fused-ring (bicyclic) bond motifs is 5. The van der Waals surface area contributed by atoms with Crippen LogP contribution in [-0.4, -0.2) is 33.7 Å². The lowest BCUT2D eigenvalue weighted by molar-refractivity contribution is 0.0697. The number of carbonyl (C=O) groups is 1. The number of benzene rings is 2. The van der Waals surface area contributed by atoms with Crippen molar-refractivity contribution in [2.75, 3.05) is 18.2 Å². The van der Waals surface area contributed by atoms with Gasteiger partial charge in [-0.1, -0.05) is 72.8 Å². The van der Waals surface area contributed by atoms with Crippen LogP contribution in [0.15, 0.2) is 102 Å². The van der Waals surface area contributed by atoms with Gasteiger partial charge in [-0.25, -0.2) is 4.98 Å². The number of rotatable bonds is 4. The van der Waals surface area contributed by atoms with E-state index in [9.17, 15) is 14.0 Å². The van der Waals surface area contributed by atoms with E-state index >= 15 is 0 Å². The minimum absolute atomic E-state index is 0.0147. The van der Waals surface area contributed by atoms with Crippen molar-refractivity contribution in [2.24, 2.45) is 0 Å². The Morgan fingerprint density at radius 1 is 0.923 bits per heavy atom. The van der Waals surface area contributed by atoms with Crippen molar-refractivity contribution in [3.8, 4) is 5.75 Å². The smallest absolute Gasteiger partial charge is 0.278 e. The second-order valence-electron chi connectivity index (χ2n) is 9.58. The first kappa shape index (κ1) is 24.6. The first-order valence-electron chi connectivity index (χ1n) is 12.9. The summed E-state index contributed by atoms with van der Waals surface area (Å²) in [5.74, 6) is -0.910. The summed E-state index contributed by atoms with van der Waals surface area (Å²) in [7, 11) is 0. The Morgan fingerprint density at radius 3 is 2.59 bits per heavy atom. The number of nitrogens with zero attached hydrogens (tertiary/aromatic N) is 4. The molecule has 0 aliphatic carbocycles. The average molecular weight is 523 g/mol.